The topological polar surface area (TPSA) is 93.1 Å². The van der Waals surface area contributed by atoms with E-state index in [1.165, 1.54) is 12.1 Å². The van der Waals surface area contributed by atoms with E-state index in [4.69, 9.17) is 5.10 Å². The molecule has 0 radical (unpaired) electrons. The first-order chi connectivity index (χ1) is 16.0. The Morgan fingerprint density at radius 2 is 1.45 bits per heavy atom. The third-order valence-corrected chi connectivity index (χ3v) is 6.51. The minimum Gasteiger partial charge on any atom is -0.352 e. The van der Waals surface area contributed by atoms with E-state index in [1.807, 2.05) is 66.9 Å². The Bertz CT molecular complexity index is 1310. The number of hydrogen-bond donors (Lipinski definition) is 2. The van der Waals surface area contributed by atoms with Crippen LogP contribution in [0.25, 0.3) is 16.9 Å². The van der Waals surface area contributed by atoms with E-state index in [0.717, 1.165) is 22.5 Å². The summed E-state index contributed by atoms with van der Waals surface area (Å²) >= 11 is 0. The number of para-hydroxylation sites is 1. The molecule has 0 aliphatic rings. The maximum atomic E-state index is 12.4. The molecule has 0 atom stereocenters. The highest BCUT2D eigenvalue weighted by Gasteiger charge is 2.15. The molecule has 0 bridgehead atoms. The lowest BCUT2D eigenvalue weighted by Gasteiger charge is -2.08. The van der Waals surface area contributed by atoms with E-state index in [9.17, 15) is 13.2 Å². The molecule has 1 aromatic heterocycles. The van der Waals surface area contributed by atoms with Crippen LogP contribution in [0.15, 0.2) is 102 Å². The molecule has 0 aliphatic heterocycles. The van der Waals surface area contributed by atoms with Gasteiger partial charge in [0, 0.05) is 36.8 Å². The smallest absolute Gasteiger partial charge is 0.240 e. The minimum atomic E-state index is -3.64. The van der Waals surface area contributed by atoms with Gasteiger partial charge in [-0.15, -0.1) is 0 Å². The van der Waals surface area contributed by atoms with Crippen LogP contribution in [0.1, 0.15) is 12.0 Å². The van der Waals surface area contributed by atoms with Gasteiger partial charge >= 0.3 is 0 Å². The lowest BCUT2D eigenvalue weighted by Crippen LogP contribution is -2.30. The molecule has 3 aromatic carbocycles. The number of rotatable bonds is 9. The molecule has 0 fully saturated rings. The average molecular weight is 461 g/mol. The van der Waals surface area contributed by atoms with Gasteiger partial charge in [0.1, 0.15) is 0 Å². The average Bonchev–Trinajstić information content (AvgIpc) is 3.29. The third-order valence-electron chi connectivity index (χ3n) is 5.03. The molecule has 168 valence electrons. The van der Waals surface area contributed by atoms with Gasteiger partial charge in [-0.25, -0.2) is 17.8 Å². The summed E-state index contributed by atoms with van der Waals surface area (Å²) in [5.74, 6) is -0.253. The van der Waals surface area contributed by atoms with Crippen molar-refractivity contribution >= 4 is 15.9 Å². The lowest BCUT2D eigenvalue weighted by atomic mass is 10.1. The summed E-state index contributed by atoms with van der Waals surface area (Å²) in [6.45, 7) is 0.291. The number of carbonyl (C=O) groups excluding carboxylic acids is 1. The monoisotopic (exact) mass is 460 g/mol. The van der Waals surface area contributed by atoms with Crippen LogP contribution in [-0.2, 0) is 21.4 Å². The van der Waals surface area contributed by atoms with Crippen molar-refractivity contribution in [3.05, 3.63) is 103 Å². The van der Waals surface area contributed by atoms with Gasteiger partial charge < -0.3 is 5.32 Å². The summed E-state index contributed by atoms with van der Waals surface area (Å²) < 4.78 is 28.8. The zero-order valence-corrected chi connectivity index (χ0v) is 18.7. The molecule has 7 nitrogen and oxygen atoms in total. The van der Waals surface area contributed by atoms with Crippen molar-refractivity contribution in [2.24, 2.45) is 0 Å². The molecule has 8 heteroatoms. The fourth-order valence-corrected chi connectivity index (χ4v) is 4.41. The second-order valence-corrected chi connectivity index (χ2v) is 9.15. The summed E-state index contributed by atoms with van der Waals surface area (Å²) in [6.07, 6.45) is 1.93. The Balaban J connectivity index is 1.41. The van der Waals surface area contributed by atoms with Gasteiger partial charge in [0.15, 0.2) is 0 Å². The maximum absolute atomic E-state index is 12.4. The Hall–Kier alpha value is -3.75. The quantitative estimate of drug-likeness (QED) is 0.400. The summed E-state index contributed by atoms with van der Waals surface area (Å²) in [7, 11) is -3.64. The van der Waals surface area contributed by atoms with Gasteiger partial charge in [0.2, 0.25) is 15.9 Å². The molecule has 1 heterocycles. The van der Waals surface area contributed by atoms with Gasteiger partial charge in [-0.3, -0.25) is 4.79 Å². The SMILES string of the molecule is O=C(CCNS(=O)(=O)c1ccccc1)NCc1cn(-c2ccccc2)nc1-c1ccccc1. The molecule has 2 N–H and O–H groups in total. The molecule has 0 saturated heterocycles. The molecule has 4 aromatic rings. The van der Waals surface area contributed by atoms with Crippen molar-refractivity contribution in [3.8, 4) is 16.9 Å². The fourth-order valence-electron chi connectivity index (χ4n) is 3.36. The van der Waals surface area contributed by atoms with Crippen LogP contribution in [0.2, 0.25) is 0 Å². The summed E-state index contributed by atoms with van der Waals surface area (Å²) in [5, 5.41) is 7.60. The van der Waals surface area contributed by atoms with Crippen LogP contribution < -0.4 is 10.0 Å². The van der Waals surface area contributed by atoms with E-state index in [2.05, 4.69) is 10.0 Å². The zero-order chi connectivity index (χ0) is 23.1. The number of benzene rings is 3. The number of hydrogen-bond acceptors (Lipinski definition) is 4. The third kappa shape index (κ3) is 5.74. The van der Waals surface area contributed by atoms with Crippen LogP contribution in [0.5, 0.6) is 0 Å². The fraction of sp³-hybridized carbons (Fsp3) is 0.120. The van der Waals surface area contributed by atoms with Crippen LogP contribution in [0.4, 0.5) is 0 Å². The number of nitrogens with zero attached hydrogens (tertiary/aromatic N) is 2. The van der Waals surface area contributed by atoms with Crippen molar-refractivity contribution in [3.63, 3.8) is 0 Å². The largest absolute Gasteiger partial charge is 0.352 e. The molecular formula is C25H24N4O3S. The first-order valence-corrected chi connectivity index (χ1v) is 12.0. The van der Waals surface area contributed by atoms with Gasteiger partial charge in [-0.05, 0) is 24.3 Å². The Kier molecular flexibility index (Phi) is 6.97. The molecule has 1 amide bonds. The summed E-state index contributed by atoms with van der Waals surface area (Å²) in [6, 6.07) is 27.6. The standard InChI is InChI=1S/C25H24N4O3S/c30-24(16-17-27-33(31,32)23-14-8-3-9-15-23)26-18-21-19-29(22-12-6-2-7-13-22)28-25(21)20-10-4-1-5-11-20/h1-15,19,27H,16-18H2,(H,26,30). The van der Waals surface area contributed by atoms with Gasteiger partial charge in [-0.2, -0.15) is 5.10 Å². The van der Waals surface area contributed by atoms with Gasteiger partial charge in [0.25, 0.3) is 0 Å². The first-order valence-electron chi connectivity index (χ1n) is 10.5. The first kappa shape index (κ1) is 22.4. The molecule has 4 rings (SSSR count). The molecule has 33 heavy (non-hydrogen) atoms. The predicted molar refractivity (Wildman–Crippen MR) is 127 cm³/mol. The highest BCUT2D eigenvalue weighted by Crippen LogP contribution is 2.23. The maximum Gasteiger partial charge on any atom is 0.240 e. The second kappa shape index (κ2) is 10.2. The lowest BCUT2D eigenvalue weighted by molar-refractivity contribution is -0.121. The zero-order valence-electron chi connectivity index (χ0n) is 17.9. The van der Waals surface area contributed by atoms with E-state index in [1.54, 1.807) is 22.9 Å². The molecule has 0 spiro atoms. The number of carbonyl (C=O) groups is 1. The van der Waals surface area contributed by atoms with E-state index in [0.29, 0.717) is 0 Å². The molecule has 0 saturated carbocycles. The predicted octanol–water partition coefficient (Wildman–Crippen LogP) is 3.52. The number of aromatic nitrogens is 2. The Morgan fingerprint density at radius 1 is 0.848 bits per heavy atom. The normalized spacial score (nSPS) is 11.3. The van der Waals surface area contributed by atoms with Crippen LogP contribution in [0, 0.1) is 0 Å². The Labute approximate surface area is 193 Å². The van der Waals surface area contributed by atoms with Crippen LogP contribution >= 0.6 is 0 Å². The van der Waals surface area contributed by atoms with Gasteiger partial charge in [0.05, 0.1) is 16.3 Å². The van der Waals surface area contributed by atoms with E-state index >= 15 is 0 Å². The van der Waals surface area contributed by atoms with Crippen LogP contribution in [0.3, 0.4) is 0 Å². The number of nitrogens with one attached hydrogen (secondary N) is 2. The highest BCUT2D eigenvalue weighted by molar-refractivity contribution is 7.89. The molecule has 0 unspecified atom stereocenters. The van der Waals surface area contributed by atoms with Crippen molar-refractivity contribution in [2.75, 3.05) is 6.54 Å². The summed E-state index contributed by atoms with van der Waals surface area (Å²) in [5.41, 5.74) is 3.52. The van der Waals surface area contributed by atoms with E-state index in [-0.39, 0.29) is 30.3 Å². The summed E-state index contributed by atoms with van der Waals surface area (Å²) in [4.78, 5) is 12.6. The van der Waals surface area contributed by atoms with Crippen LogP contribution in [-0.4, -0.2) is 30.7 Å². The second-order valence-electron chi connectivity index (χ2n) is 7.39. The molecular weight excluding hydrogens is 436 g/mol. The Morgan fingerprint density at radius 3 is 2.12 bits per heavy atom. The molecule has 0 aliphatic carbocycles. The van der Waals surface area contributed by atoms with E-state index < -0.39 is 10.0 Å². The van der Waals surface area contributed by atoms with Crippen molar-refractivity contribution < 1.29 is 13.2 Å². The number of sulfonamides is 1. The van der Waals surface area contributed by atoms with Gasteiger partial charge in [-0.1, -0.05) is 66.7 Å². The van der Waals surface area contributed by atoms with Crippen molar-refractivity contribution in [1.29, 1.82) is 0 Å². The van der Waals surface area contributed by atoms with Crippen molar-refractivity contribution in [2.45, 2.75) is 17.9 Å². The van der Waals surface area contributed by atoms with Crippen molar-refractivity contribution in [1.82, 2.24) is 19.8 Å². The number of amides is 1. The minimum absolute atomic E-state index is 0.0118. The highest BCUT2D eigenvalue weighted by atomic mass is 32.2.